The Labute approximate surface area is 109 Å². The molecule has 102 valence electrons. The normalized spacial score (nSPS) is 18.4. The van der Waals surface area contributed by atoms with Crippen molar-refractivity contribution in [3.05, 3.63) is 17.0 Å². The predicted octanol–water partition coefficient (Wildman–Crippen LogP) is 1.68. The van der Waals surface area contributed by atoms with Gasteiger partial charge in [-0.25, -0.2) is 0 Å². The van der Waals surface area contributed by atoms with E-state index in [4.69, 9.17) is 0 Å². The molecule has 0 aliphatic heterocycles. The summed E-state index contributed by atoms with van der Waals surface area (Å²) in [5.41, 5.74) is 3.75. The second-order valence-corrected chi connectivity index (χ2v) is 5.74. The minimum atomic E-state index is 0.129. The van der Waals surface area contributed by atoms with Gasteiger partial charge < -0.3 is 10.4 Å². The van der Waals surface area contributed by atoms with Crippen LogP contribution in [0.25, 0.3) is 0 Å². The quantitative estimate of drug-likeness (QED) is 0.837. The third-order valence-corrected chi connectivity index (χ3v) is 4.46. The highest BCUT2D eigenvalue weighted by Gasteiger charge is 2.32. The summed E-state index contributed by atoms with van der Waals surface area (Å²) in [4.78, 5) is 0. The third-order valence-electron chi connectivity index (χ3n) is 4.46. The monoisotopic (exact) mass is 251 g/mol. The van der Waals surface area contributed by atoms with E-state index in [-0.39, 0.29) is 5.41 Å². The summed E-state index contributed by atoms with van der Waals surface area (Å²) in [6, 6.07) is 0. The Kier molecular flexibility index (Phi) is 4.07. The van der Waals surface area contributed by atoms with Crippen LogP contribution in [0.2, 0.25) is 0 Å². The van der Waals surface area contributed by atoms with Crippen LogP contribution in [0.1, 0.15) is 42.6 Å². The summed E-state index contributed by atoms with van der Waals surface area (Å²) < 4.78 is 1.93. The third kappa shape index (κ3) is 2.59. The maximum Gasteiger partial charge on any atom is 0.0641 e. The fourth-order valence-corrected chi connectivity index (χ4v) is 3.04. The van der Waals surface area contributed by atoms with Gasteiger partial charge in [0.15, 0.2) is 0 Å². The van der Waals surface area contributed by atoms with Gasteiger partial charge in [-0.2, -0.15) is 5.10 Å². The molecule has 0 amide bonds. The number of nitrogens with zero attached hydrogens (tertiary/aromatic N) is 2. The molecule has 0 bridgehead atoms. The molecule has 1 fully saturated rings. The molecule has 0 radical (unpaired) electrons. The Hall–Kier alpha value is -0.870. The van der Waals surface area contributed by atoms with Gasteiger partial charge in [-0.3, -0.25) is 4.68 Å². The van der Waals surface area contributed by atoms with Gasteiger partial charge in [0, 0.05) is 43.4 Å². The molecular formula is C14H25N3O. The van der Waals surface area contributed by atoms with Crippen molar-refractivity contribution in [2.24, 2.45) is 12.5 Å². The molecule has 0 spiro atoms. The number of rotatable bonds is 5. The largest absolute Gasteiger partial charge is 0.396 e. The zero-order valence-electron chi connectivity index (χ0n) is 11.8. The lowest BCUT2D eigenvalue weighted by molar-refractivity contribution is 0.128. The number of hydrogen-bond acceptors (Lipinski definition) is 3. The number of nitrogens with one attached hydrogen (secondary N) is 1. The number of aliphatic hydroxyl groups excluding tert-OH is 1. The topological polar surface area (TPSA) is 50.1 Å². The molecule has 4 heteroatoms. The lowest BCUT2D eigenvalue weighted by atomic mass is 9.87. The van der Waals surface area contributed by atoms with Crippen LogP contribution in [-0.2, 0) is 13.6 Å². The van der Waals surface area contributed by atoms with Crippen molar-refractivity contribution in [1.29, 1.82) is 0 Å². The standard InChI is InChI=1S/C14H25N3O/c1-11-13(12(2)17(3)16-11)8-15-9-14(10-18)6-4-5-7-14/h15,18H,4-10H2,1-3H3. The molecule has 0 unspecified atom stereocenters. The molecule has 1 aliphatic carbocycles. The molecule has 1 saturated carbocycles. The smallest absolute Gasteiger partial charge is 0.0641 e. The molecule has 1 aliphatic rings. The average molecular weight is 251 g/mol. The summed E-state index contributed by atoms with van der Waals surface area (Å²) >= 11 is 0. The SMILES string of the molecule is Cc1nn(C)c(C)c1CNCC1(CO)CCCC1. The highest BCUT2D eigenvalue weighted by Crippen LogP contribution is 2.36. The van der Waals surface area contributed by atoms with Crippen LogP contribution in [0.5, 0.6) is 0 Å². The summed E-state index contributed by atoms with van der Waals surface area (Å²) in [7, 11) is 1.98. The Morgan fingerprint density at radius 1 is 1.33 bits per heavy atom. The van der Waals surface area contributed by atoms with Crippen molar-refractivity contribution < 1.29 is 5.11 Å². The fourth-order valence-electron chi connectivity index (χ4n) is 3.04. The van der Waals surface area contributed by atoms with E-state index in [0.717, 1.165) is 31.6 Å². The van der Waals surface area contributed by atoms with Crippen LogP contribution in [0.4, 0.5) is 0 Å². The number of hydrogen-bond donors (Lipinski definition) is 2. The highest BCUT2D eigenvalue weighted by molar-refractivity contribution is 5.24. The molecule has 1 aromatic rings. The summed E-state index contributed by atoms with van der Waals surface area (Å²) in [5.74, 6) is 0. The van der Waals surface area contributed by atoms with Crippen molar-refractivity contribution in [2.45, 2.75) is 46.1 Å². The van der Waals surface area contributed by atoms with Gasteiger partial charge in [-0.1, -0.05) is 12.8 Å². The zero-order chi connectivity index (χ0) is 13.2. The van der Waals surface area contributed by atoms with E-state index in [1.165, 1.54) is 24.1 Å². The second kappa shape index (κ2) is 5.41. The van der Waals surface area contributed by atoms with Crippen LogP contribution >= 0.6 is 0 Å². The van der Waals surface area contributed by atoms with Crippen LogP contribution in [0, 0.1) is 19.3 Å². The first-order chi connectivity index (χ1) is 8.58. The fraction of sp³-hybridized carbons (Fsp3) is 0.786. The Morgan fingerprint density at radius 3 is 2.50 bits per heavy atom. The van der Waals surface area contributed by atoms with Gasteiger partial charge in [0.05, 0.1) is 5.69 Å². The van der Waals surface area contributed by atoms with Crippen molar-refractivity contribution in [2.75, 3.05) is 13.2 Å². The van der Waals surface area contributed by atoms with E-state index in [9.17, 15) is 5.11 Å². The lowest BCUT2D eigenvalue weighted by Gasteiger charge is -2.26. The van der Waals surface area contributed by atoms with E-state index in [1.54, 1.807) is 0 Å². The molecule has 1 heterocycles. The maximum absolute atomic E-state index is 9.57. The first kappa shape index (κ1) is 13.6. The maximum atomic E-state index is 9.57. The van der Waals surface area contributed by atoms with Gasteiger partial charge in [0.2, 0.25) is 0 Å². The summed E-state index contributed by atoms with van der Waals surface area (Å²) in [6.45, 7) is 6.24. The molecule has 4 nitrogen and oxygen atoms in total. The van der Waals surface area contributed by atoms with E-state index in [2.05, 4.69) is 24.3 Å². The molecule has 0 atom stereocenters. The summed E-state index contributed by atoms with van der Waals surface area (Å²) in [6.07, 6.45) is 4.82. The minimum Gasteiger partial charge on any atom is -0.396 e. The van der Waals surface area contributed by atoms with Crippen LogP contribution in [-0.4, -0.2) is 28.0 Å². The Morgan fingerprint density at radius 2 is 2.00 bits per heavy atom. The van der Waals surface area contributed by atoms with E-state index in [0.29, 0.717) is 6.61 Å². The number of aryl methyl sites for hydroxylation is 2. The van der Waals surface area contributed by atoms with Crippen molar-refractivity contribution >= 4 is 0 Å². The van der Waals surface area contributed by atoms with Gasteiger partial charge in [0.25, 0.3) is 0 Å². The molecular weight excluding hydrogens is 226 g/mol. The molecule has 0 aromatic carbocycles. The first-order valence-electron chi connectivity index (χ1n) is 6.89. The van der Waals surface area contributed by atoms with Crippen molar-refractivity contribution in [3.8, 4) is 0 Å². The Bertz CT molecular complexity index is 405. The van der Waals surface area contributed by atoms with Crippen molar-refractivity contribution in [1.82, 2.24) is 15.1 Å². The average Bonchev–Trinajstić information content (AvgIpc) is 2.91. The first-order valence-corrected chi connectivity index (χ1v) is 6.89. The van der Waals surface area contributed by atoms with Crippen LogP contribution in [0.15, 0.2) is 0 Å². The molecule has 2 rings (SSSR count). The van der Waals surface area contributed by atoms with E-state index in [1.807, 2.05) is 11.7 Å². The van der Waals surface area contributed by atoms with Crippen LogP contribution < -0.4 is 5.32 Å². The minimum absolute atomic E-state index is 0.129. The molecule has 2 N–H and O–H groups in total. The van der Waals surface area contributed by atoms with Crippen LogP contribution in [0.3, 0.4) is 0 Å². The second-order valence-electron chi connectivity index (χ2n) is 5.74. The van der Waals surface area contributed by atoms with Gasteiger partial charge in [-0.05, 0) is 26.7 Å². The Balaban J connectivity index is 1.92. The summed E-state index contributed by atoms with van der Waals surface area (Å²) in [5, 5.41) is 17.5. The molecule has 0 saturated heterocycles. The van der Waals surface area contributed by atoms with Gasteiger partial charge in [0.1, 0.15) is 0 Å². The molecule has 18 heavy (non-hydrogen) atoms. The highest BCUT2D eigenvalue weighted by atomic mass is 16.3. The lowest BCUT2D eigenvalue weighted by Crippen LogP contribution is -2.35. The number of aromatic nitrogens is 2. The van der Waals surface area contributed by atoms with Gasteiger partial charge >= 0.3 is 0 Å². The van der Waals surface area contributed by atoms with E-state index < -0.39 is 0 Å². The predicted molar refractivity (Wildman–Crippen MR) is 72.4 cm³/mol. The molecule has 1 aromatic heterocycles. The van der Waals surface area contributed by atoms with Crippen molar-refractivity contribution in [3.63, 3.8) is 0 Å². The van der Waals surface area contributed by atoms with E-state index >= 15 is 0 Å². The van der Waals surface area contributed by atoms with Gasteiger partial charge in [-0.15, -0.1) is 0 Å². The zero-order valence-corrected chi connectivity index (χ0v) is 11.8. The number of aliphatic hydroxyl groups is 1.